The molecule has 0 aliphatic carbocycles. The van der Waals surface area contributed by atoms with Crippen LogP contribution in [0.15, 0.2) is 18.2 Å². The van der Waals surface area contributed by atoms with E-state index in [0.29, 0.717) is 30.9 Å². The van der Waals surface area contributed by atoms with Gasteiger partial charge >= 0.3 is 6.18 Å². The third kappa shape index (κ3) is 3.88. The number of alkyl halides is 3. The Morgan fingerprint density at radius 2 is 2.00 bits per heavy atom. The van der Waals surface area contributed by atoms with Gasteiger partial charge in [-0.1, -0.05) is 6.07 Å². The first-order valence-corrected chi connectivity index (χ1v) is 6.80. The van der Waals surface area contributed by atoms with Crippen molar-refractivity contribution in [2.75, 3.05) is 20.2 Å². The molecule has 0 atom stereocenters. The van der Waals surface area contributed by atoms with Gasteiger partial charge in [0.05, 0.1) is 18.6 Å². The molecule has 3 nitrogen and oxygen atoms in total. The van der Waals surface area contributed by atoms with Crippen LogP contribution in [0.5, 0.6) is 5.75 Å². The van der Waals surface area contributed by atoms with Gasteiger partial charge in [0.15, 0.2) is 0 Å². The summed E-state index contributed by atoms with van der Waals surface area (Å²) in [6, 6.07) is 7.35. The summed E-state index contributed by atoms with van der Waals surface area (Å²) in [6.45, 7) is 1.42. The molecule has 0 spiro atoms. The van der Waals surface area contributed by atoms with Gasteiger partial charge in [-0.3, -0.25) is 4.90 Å². The molecule has 0 aromatic heterocycles. The standard InChI is InChI=1S/C15H17F3N2O/c1-21-14-3-2-11(8-12(14)9-19)10-20-6-4-13(5-7-20)15(16,17)18/h2-3,8,13H,4-7,10H2,1H3. The summed E-state index contributed by atoms with van der Waals surface area (Å²) in [6.07, 6.45) is -3.80. The Morgan fingerprint density at radius 3 is 2.52 bits per heavy atom. The van der Waals surface area contributed by atoms with E-state index < -0.39 is 12.1 Å². The maximum Gasteiger partial charge on any atom is 0.391 e. The number of methoxy groups -OCH3 is 1. The first-order chi connectivity index (χ1) is 9.94. The zero-order chi connectivity index (χ0) is 15.5. The van der Waals surface area contributed by atoms with Gasteiger partial charge in [-0.05, 0) is 43.6 Å². The lowest BCUT2D eigenvalue weighted by Gasteiger charge is -2.32. The van der Waals surface area contributed by atoms with E-state index in [0.717, 1.165) is 5.56 Å². The quantitative estimate of drug-likeness (QED) is 0.858. The molecule has 0 unspecified atom stereocenters. The Bertz CT molecular complexity index is 529. The molecule has 1 aromatic rings. The molecule has 2 rings (SSSR count). The van der Waals surface area contributed by atoms with Gasteiger partial charge in [0, 0.05) is 6.54 Å². The minimum atomic E-state index is -4.08. The number of hydrogen-bond donors (Lipinski definition) is 0. The van der Waals surface area contributed by atoms with Crippen LogP contribution in [0.3, 0.4) is 0 Å². The van der Waals surface area contributed by atoms with Gasteiger partial charge in [-0.2, -0.15) is 18.4 Å². The third-order valence-electron chi connectivity index (χ3n) is 3.84. The van der Waals surface area contributed by atoms with E-state index in [1.165, 1.54) is 7.11 Å². The van der Waals surface area contributed by atoms with E-state index in [2.05, 4.69) is 6.07 Å². The first kappa shape index (κ1) is 15.6. The average molecular weight is 298 g/mol. The Morgan fingerprint density at radius 1 is 1.33 bits per heavy atom. The van der Waals surface area contributed by atoms with Crippen molar-refractivity contribution in [2.24, 2.45) is 5.92 Å². The lowest BCUT2D eigenvalue weighted by molar-refractivity contribution is -0.185. The first-order valence-electron chi connectivity index (χ1n) is 6.80. The highest BCUT2D eigenvalue weighted by Crippen LogP contribution is 2.34. The molecule has 0 bridgehead atoms. The molecular weight excluding hydrogens is 281 g/mol. The third-order valence-corrected chi connectivity index (χ3v) is 3.84. The van der Waals surface area contributed by atoms with Crippen LogP contribution in [0.4, 0.5) is 13.2 Å². The molecule has 1 aromatic carbocycles. The van der Waals surface area contributed by atoms with E-state index in [9.17, 15) is 13.2 Å². The van der Waals surface area contributed by atoms with Gasteiger partial charge in [-0.25, -0.2) is 0 Å². The Hall–Kier alpha value is -1.74. The number of nitriles is 1. The maximum atomic E-state index is 12.6. The van der Waals surface area contributed by atoms with Crippen LogP contribution < -0.4 is 4.74 Å². The minimum absolute atomic E-state index is 0.144. The van der Waals surface area contributed by atoms with E-state index in [1.54, 1.807) is 12.1 Å². The number of ether oxygens (including phenoxy) is 1. The largest absolute Gasteiger partial charge is 0.495 e. The molecule has 6 heteroatoms. The Balaban J connectivity index is 1.97. The number of piperidine rings is 1. The highest BCUT2D eigenvalue weighted by molar-refractivity contribution is 5.45. The Labute approximate surface area is 121 Å². The lowest BCUT2D eigenvalue weighted by Crippen LogP contribution is -2.38. The van der Waals surface area contributed by atoms with Crippen molar-refractivity contribution >= 4 is 0 Å². The van der Waals surface area contributed by atoms with E-state index in [1.807, 2.05) is 11.0 Å². The van der Waals surface area contributed by atoms with Crippen LogP contribution in [0, 0.1) is 17.2 Å². The van der Waals surface area contributed by atoms with Crippen molar-refractivity contribution < 1.29 is 17.9 Å². The smallest absolute Gasteiger partial charge is 0.391 e. The number of likely N-dealkylation sites (tertiary alicyclic amines) is 1. The Kier molecular flexibility index (Phi) is 4.73. The topological polar surface area (TPSA) is 36.3 Å². The molecular formula is C15H17F3N2O. The van der Waals surface area contributed by atoms with Gasteiger partial charge in [-0.15, -0.1) is 0 Å². The number of hydrogen-bond acceptors (Lipinski definition) is 3. The maximum absolute atomic E-state index is 12.6. The van der Waals surface area contributed by atoms with Crippen LogP contribution in [0.2, 0.25) is 0 Å². The SMILES string of the molecule is COc1ccc(CN2CCC(C(F)(F)F)CC2)cc1C#N. The molecule has 0 N–H and O–H groups in total. The van der Waals surface area contributed by atoms with Crippen LogP contribution in [-0.2, 0) is 6.54 Å². The molecule has 0 radical (unpaired) electrons. The summed E-state index contributed by atoms with van der Waals surface area (Å²) >= 11 is 0. The van der Waals surface area contributed by atoms with Crippen LogP contribution in [0.25, 0.3) is 0 Å². The summed E-state index contributed by atoms with van der Waals surface area (Å²) in [5, 5.41) is 9.04. The zero-order valence-electron chi connectivity index (χ0n) is 11.8. The fourth-order valence-corrected chi connectivity index (χ4v) is 2.62. The van der Waals surface area contributed by atoms with Crippen LogP contribution in [-0.4, -0.2) is 31.3 Å². The summed E-state index contributed by atoms with van der Waals surface area (Å²) in [5.41, 5.74) is 1.36. The number of halogens is 3. The van der Waals surface area contributed by atoms with Crippen molar-refractivity contribution in [3.8, 4) is 11.8 Å². The molecule has 0 amide bonds. The summed E-state index contributed by atoms with van der Waals surface area (Å²) in [5.74, 6) is -0.670. The van der Waals surface area contributed by atoms with Crippen molar-refractivity contribution in [2.45, 2.75) is 25.6 Å². The average Bonchev–Trinajstić information content (AvgIpc) is 2.46. The fraction of sp³-hybridized carbons (Fsp3) is 0.533. The fourth-order valence-electron chi connectivity index (χ4n) is 2.62. The second-order valence-electron chi connectivity index (χ2n) is 5.24. The van der Waals surface area contributed by atoms with Gasteiger partial charge in [0.2, 0.25) is 0 Å². The molecule has 0 saturated carbocycles. The molecule has 114 valence electrons. The van der Waals surface area contributed by atoms with Crippen molar-refractivity contribution in [1.82, 2.24) is 4.90 Å². The van der Waals surface area contributed by atoms with Crippen molar-refractivity contribution in [1.29, 1.82) is 5.26 Å². The summed E-state index contributed by atoms with van der Waals surface area (Å²) in [4.78, 5) is 1.99. The normalized spacial score (nSPS) is 17.5. The number of nitrogens with zero attached hydrogens (tertiary/aromatic N) is 2. The molecule has 1 fully saturated rings. The minimum Gasteiger partial charge on any atom is -0.495 e. The summed E-state index contributed by atoms with van der Waals surface area (Å²) < 4.78 is 42.9. The van der Waals surface area contributed by atoms with Gasteiger partial charge in [0.25, 0.3) is 0 Å². The van der Waals surface area contributed by atoms with Gasteiger partial charge < -0.3 is 4.74 Å². The number of benzene rings is 1. The van der Waals surface area contributed by atoms with Crippen LogP contribution >= 0.6 is 0 Å². The molecule has 1 saturated heterocycles. The summed E-state index contributed by atoms with van der Waals surface area (Å²) in [7, 11) is 1.50. The second-order valence-corrected chi connectivity index (χ2v) is 5.24. The van der Waals surface area contributed by atoms with E-state index in [4.69, 9.17) is 10.00 Å². The predicted octanol–water partition coefficient (Wildman–Crippen LogP) is 3.34. The predicted molar refractivity (Wildman–Crippen MR) is 71.8 cm³/mol. The molecule has 1 heterocycles. The monoisotopic (exact) mass is 298 g/mol. The van der Waals surface area contributed by atoms with E-state index in [-0.39, 0.29) is 12.8 Å². The van der Waals surface area contributed by atoms with Gasteiger partial charge in [0.1, 0.15) is 11.8 Å². The number of rotatable bonds is 3. The molecule has 21 heavy (non-hydrogen) atoms. The van der Waals surface area contributed by atoms with Crippen molar-refractivity contribution in [3.05, 3.63) is 29.3 Å². The molecule has 1 aliphatic rings. The highest BCUT2D eigenvalue weighted by Gasteiger charge is 2.40. The van der Waals surface area contributed by atoms with Crippen LogP contribution in [0.1, 0.15) is 24.0 Å². The lowest BCUT2D eigenvalue weighted by atomic mass is 9.96. The molecule has 1 aliphatic heterocycles. The second kappa shape index (κ2) is 6.35. The zero-order valence-corrected chi connectivity index (χ0v) is 11.8. The van der Waals surface area contributed by atoms with Crippen molar-refractivity contribution in [3.63, 3.8) is 0 Å². The van der Waals surface area contributed by atoms with E-state index >= 15 is 0 Å². The highest BCUT2D eigenvalue weighted by atomic mass is 19.4.